The number of rotatable bonds is 6. The van der Waals surface area contributed by atoms with Crippen LogP contribution < -0.4 is 5.32 Å². The van der Waals surface area contributed by atoms with Gasteiger partial charge in [-0.2, -0.15) is 5.10 Å². The molecule has 0 amide bonds. The third-order valence-electron chi connectivity index (χ3n) is 3.48. The van der Waals surface area contributed by atoms with Gasteiger partial charge in [0.05, 0.1) is 25.3 Å². The van der Waals surface area contributed by atoms with Crippen molar-refractivity contribution in [3.05, 3.63) is 23.5 Å². The normalized spacial score (nSPS) is 19.7. The summed E-state index contributed by atoms with van der Waals surface area (Å²) in [6.45, 7) is 6.01. The maximum Gasteiger partial charge on any atom is 0.307 e. The van der Waals surface area contributed by atoms with Gasteiger partial charge in [0.2, 0.25) is 0 Å². The average molecular weight is 337 g/mol. The number of piperidine rings is 1. The van der Waals surface area contributed by atoms with Crippen molar-refractivity contribution in [1.29, 1.82) is 0 Å². The molecule has 0 aliphatic carbocycles. The van der Waals surface area contributed by atoms with Crippen LogP contribution in [0.1, 0.15) is 32.4 Å². The summed E-state index contributed by atoms with van der Waals surface area (Å²) in [7, 11) is 0. The predicted molar refractivity (Wildman–Crippen MR) is 91.0 cm³/mol. The summed E-state index contributed by atoms with van der Waals surface area (Å²) in [5.74, 6) is -0.211. The molecule has 1 aliphatic rings. The molecular weight excluding hydrogens is 314 g/mol. The van der Waals surface area contributed by atoms with Gasteiger partial charge in [-0.1, -0.05) is 11.8 Å². The number of carbonyl (C=O) groups excluding carboxylic acids is 2. The van der Waals surface area contributed by atoms with Crippen molar-refractivity contribution < 1.29 is 14.3 Å². The fraction of sp³-hybridized carbons (Fsp3) is 0.562. The lowest BCUT2D eigenvalue weighted by molar-refractivity contribution is -0.143. The molecule has 0 saturated carbocycles. The molecule has 1 atom stereocenters. The Labute approximate surface area is 140 Å². The maximum absolute atomic E-state index is 11.4. The fourth-order valence-electron chi connectivity index (χ4n) is 2.45. The molecule has 2 rings (SSSR count). The fourth-order valence-corrected chi connectivity index (χ4v) is 3.39. The second kappa shape index (κ2) is 8.88. The molecule has 1 unspecified atom stereocenters. The minimum Gasteiger partial charge on any atom is -0.466 e. The highest BCUT2D eigenvalue weighted by Crippen LogP contribution is 2.26. The van der Waals surface area contributed by atoms with Crippen LogP contribution in [0.2, 0.25) is 0 Å². The lowest BCUT2D eigenvalue weighted by Crippen LogP contribution is -2.32. The molecule has 1 aliphatic heterocycles. The van der Waals surface area contributed by atoms with Crippen LogP contribution in [0.25, 0.3) is 6.08 Å². The number of aryl methyl sites for hydroxylation is 1. The molecule has 0 spiro atoms. The minimum absolute atomic E-state index is 0.141. The van der Waals surface area contributed by atoms with Crippen LogP contribution in [0.4, 0.5) is 0 Å². The van der Waals surface area contributed by atoms with Gasteiger partial charge in [-0.15, -0.1) is 0 Å². The SMILES string of the molecule is CCOC(=O)CCn1ccc(/C=C2/CNCCC2SC(C)=O)n1. The highest BCUT2D eigenvalue weighted by atomic mass is 32.2. The smallest absolute Gasteiger partial charge is 0.307 e. The highest BCUT2D eigenvalue weighted by Gasteiger charge is 2.21. The van der Waals surface area contributed by atoms with Crippen molar-refractivity contribution in [1.82, 2.24) is 15.1 Å². The van der Waals surface area contributed by atoms with Gasteiger partial charge in [0.25, 0.3) is 0 Å². The van der Waals surface area contributed by atoms with E-state index in [1.807, 2.05) is 18.3 Å². The molecule has 1 fully saturated rings. The quantitative estimate of drug-likeness (QED) is 0.799. The van der Waals surface area contributed by atoms with E-state index in [4.69, 9.17) is 4.74 Å². The summed E-state index contributed by atoms with van der Waals surface area (Å²) in [4.78, 5) is 22.7. The third-order valence-corrected chi connectivity index (χ3v) is 4.63. The molecule has 7 heteroatoms. The number of carbonyl (C=O) groups is 2. The van der Waals surface area contributed by atoms with Crippen LogP contribution in [0.5, 0.6) is 0 Å². The first kappa shape index (κ1) is 17.7. The van der Waals surface area contributed by atoms with Crippen molar-refractivity contribution in [2.75, 3.05) is 19.7 Å². The minimum atomic E-state index is -0.211. The number of thioether (sulfide) groups is 1. The maximum atomic E-state index is 11.4. The van der Waals surface area contributed by atoms with Crippen LogP contribution in [-0.2, 0) is 20.9 Å². The molecule has 0 bridgehead atoms. The zero-order valence-electron chi connectivity index (χ0n) is 13.6. The summed E-state index contributed by atoms with van der Waals surface area (Å²) < 4.78 is 6.65. The Hall–Kier alpha value is -1.60. The average Bonchev–Trinajstić information content (AvgIpc) is 2.95. The first-order chi connectivity index (χ1) is 11.1. The molecule has 6 nitrogen and oxygen atoms in total. The van der Waals surface area contributed by atoms with Gasteiger partial charge in [0.1, 0.15) is 0 Å². The van der Waals surface area contributed by atoms with Crippen LogP contribution in [-0.4, -0.2) is 45.8 Å². The first-order valence-electron chi connectivity index (χ1n) is 7.86. The van der Waals surface area contributed by atoms with Crippen LogP contribution in [0.15, 0.2) is 17.8 Å². The second-order valence-electron chi connectivity index (χ2n) is 5.34. The monoisotopic (exact) mass is 337 g/mol. The van der Waals surface area contributed by atoms with Gasteiger partial charge in [-0.3, -0.25) is 14.3 Å². The Morgan fingerprint density at radius 1 is 1.57 bits per heavy atom. The third kappa shape index (κ3) is 5.84. The van der Waals surface area contributed by atoms with Crippen molar-refractivity contribution in [3.8, 4) is 0 Å². The zero-order chi connectivity index (χ0) is 16.7. The Morgan fingerprint density at radius 3 is 3.13 bits per heavy atom. The molecule has 0 aromatic carbocycles. The lowest BCUT2D eigenvalue weighted by atomic mass is 10.0. The van der Waals surface area contributed by atoms with Gasteiger partial charge < -0.3 is 10.1 Å². The molecule has 2 heterocycles. The number of hydrogen-bond donors (Lipinski definition) is 1. The lowest BCUT2D eigenvalue weighted by Gasteiger charge is -2.24. The summed E-state index contributed by atoms with van der Waals surface area (Å²) in [6.07, 6.45) is 5.15. The van der Waals surface area contributed by atoms with Crippen LogP contribution >= 0.6 is 11.8 Å². The largest absolute Gasteiger partial charge is 0.466 e. The molecule has 1 aromatic heterocycles. The van der Waals surface area contributed by atoms with Gasteiger partial charge in [0, 0.05) is 24.9 Å². The molecule has 1 saturated heterocycles. The van der Waals surface area contributed by atoms with Crippen LogP contribution in [0, 0.1) is 0 Å². The number of nitrogens with zero attached hydrogens (tertiary/aromatic N) is 2. The van der Waals surface area contributed by atoms with E-state index in [1.54, 1.807) is 18.5 Å². The number of ether oxygens (including phenoxy) is 1. The summed E-state index contributed by atoms with van der Waals surface area (Å²) in [6, 6.07) is 1.92. The van der Waals surface area contributed by atoms with E-state index >= 15 is 0 Å². The van der Waals surface area contributed by atoms with Crippen molar-refractivity contribution in [2.45, 2.75) is 38.5 Å². The summed E-state index contributed by atoms with van der Waals surface area (Å²) in [5, 5.41) is 8.15. The Balaban J connectivity index is 1.98. The molecule has 0 radical (unpaired) electrons. The van der Waals surface area contributed by atoms with E-state index < -0.39 is 0 Å². The standard InChI is InChI=1S/C16H23N3O3S/c1-3-22-16(21)6-9-19-8-5-14(18-19)10-13-11-17-7-4-15(13)23-12(2)20/h5,8,10,15,17H,3-4,6-7,9,11H2,1-2H3/b13-10-. The number of aromatic nitrogens is 2. The molecule has 126 valence electrons. The molecule has 23 heavy (non-hydrogen) atoms. The molecule has 1 N–H and O–H groups in total. The predicted octanol–water partition coefficient (Wildman–Crippen LogP) is 1.86. The zero-order valence-corrected chi connectivity index (χ0v) is 14.4. The van der Waals surface area contributed by atoms with Crippen molar-refractivity contribution in [2.24, 2.45) is 0 Å². The Morgan fingerprint density at radius 2 is 2.39 bits per heavy atom. The van der Waals surface area contributed by atoms with E-state index in [0.29, 0.717) is 19.6 Å². The number of hydrogen-bond acceptors (Lipinski definition) is 6. The molecular formula is C16H23N3O3S. The topological polar surface area (TPSA) is 73.2 Å². The summed E-state index contributed by atoms with van der Waals surface area (Å²) >= 11 is 1.39. The number of nitrogens with one attached hydrogen (secondary N) is 1. The van der Waals surface area contributed by atoms with Gasteiger partial charge >= 0.3 is 5.97 Å². The summed E-state index contributed by atoms with van der Waals surface area (Å²) in [5.41, 5.74) is 2.04. The van der Waals surface area contributed by atoms with Gasteiger partial charge in [-0.05, 0) is 37.6 Å². The first-order valence-corrected chi connectivity index (χ1v) is 8.74. The van der Waals surface area contributed by atoms with E-state index in [9.17, 15) is 9.59 Å². The Bertz CT molecular complexity index is 583. The van der Waals surface area contributed by atoms with E-state index in [2.05, 4.69) is 10.4 Å². The van der Waals surface area contributed by atoms with Crippen molar-refractivity contribution >= 4 is 28.9 Å². The van der Waals surface area contributed by atoms with E-state index in [1.165, 1.54) is 17.3 Å². The second-order valence-corrected chi connectivity index (χ2v) is 6.72. The van der Waals surface area contributed by atoms with Crippen molar-refractivity contribution in [3.63, 3.8) is 0 Å². The van der Waals surface area contributed by atoms with E-state index in [0.717, 1.165) is 25.2 Å². The number of esters is 1. The highest BCUT2D eigenvalue weighted by molar-refractivity contribution is 8.14. The van der Waals surface area contributed by atoms with Gasteiger partial charge in [-0.25, -0.2) is 0 Å². The van der Waals surface area contributed by atoms with Gasteiger partial charge in [0.15, 0.2) is 5.12 Å². The molecule has 1 aromatic rings. The van der Waals surface area contributed by atoms with Crippen LogP contribution in [0.3, 0.4) is 0 Å². The Kier molecular flexibility index (Phi) is 6.85. The van der Waals surface area contributed by atoms with E-state index in [-0.39, 0.29) is 16.3 Å².